The van der Waals surface area contributed by atoms with Gasteiger partial charge in [0.25, 0.3) is 0 Å². The molecule has 1 heterocycles. The average molecular weight is 255 g/mol. The van der Waals surface area contributed by atoms with Crippen molar-refractivity contribution in [2.45, 2.75) is 39.7 Å². The Balaban J connectivity index is 2.53. The van der Waals surface area contributed by atoms with Crippen LogP contribution in [0, 0.1) is 11.3 Å². The Kier molecular flexibility index (Phi) is 4.73. The van der Waals surface area contributed by atoms with E-state index in [0.29, 0.717) is 13.1 Å². The fraction of sp³-hybridized carbons (Fsp3) is 0.846. The molecule has 1 unspecified atom stereocenters. The van der Waals surface area contributed by atoms with Crippen LogP contribution in [-0.2, 0) is 9.59 Å². The van der Waals surface area contributed by atoms with Crippen molar-refractivity contribution >= 4 is 11.8 Å². The molecule has 1 fully saturated rings. The van der Waals surface area contributed by atoms with Crippen LogP contribution in [0.5, 0.6) is 0 Å². The number of hydrogen-bond acceptors (Lipinski definition) is 3. The molecule has 0 aromatic heterocycles. The van der Waals surface area contributed by atoms with E-state index in [0.717, 1.165) is 12.8 Å². The van der Waals surface area contributed by atoms with E-state index < -0.39 is 6.04 Å². The van der Waals surface area contributed by atoms with Crippen LogP contribution >= 0.6 is 0 Å². The van der Waals surface area contributed by atoms with Crippen LogP contribution in [0.15, 0.2) is 0 Å². The molecule has 1 atom stereocenters. The molecule has 0 spiro atoms. The predicted molar refractivity (Wildman–Crippen MR) is 70.8 cm³/mol. The van der Waals surface area contributed by atoms with Crippen LogP contribution < -0.4 is 11.1 Å². The fourth-order valence-corrected chi connectivity index (χ4v) is 2.13. The lowest BCUT2D eigenvalue weighted by Crippen LogP contribution is -2.53. The number of hydrogen-bond donors (Lipinski definition) is 2. The van der Waals surface area contributed by atoms with Crippen molar-refractivity contribution in [2.75, 3.05) is 20.1 Å². The van der Waals surface area contributed by atoms with Gasteiger partial charge in [0.2, 0.25) is 11.8 Å². The van der Waals surface area contributed by atoms with Gasteiger partial charge in [-0.05, 0) is 18.3 Å². The van der Waals surface area contributed by atoms with Gasteiger partial charge in [-0.15, -0.1) is 0 Å². The van der Waals surface area contributed by atoms with Gasteiger partial charge in [-0.25, -0.2) is 0 Å². The largest absolute Gasteiger partial charge is 0.359 e. The van der Waals surface area contributed by atoms with E-state index in [4.69, 9.17) is 5.73 Å². The van der Waals surface area contributed by atoms with Gasteiger partial charge in [0.15, 0.2) is 0 Å². The summed E-state index contributed by atoms with van der Waals surface area (Å²) < 4.78 is 0. The van der Waals surface area contributed by atoms with Crippen LogP contribution in [0.1, 0.15) is 33.6 Å². The number of nitrogens with zero attached hydrogens (tertiary/aromatic N) is 1. The number of amides is 2. The Morgan fingerprint density at radius 2 is 1.78 bits per heavy atom. The first-order valence-electron chi connectivity index (χ1n) is 6.53. The van der Waals surface area contributed by atoms with Crippen molar-refractivity contribution in [3.8, 4) is 0 Å². The van der Waals surface area contributed by atoms with Crippen LogP contribution in [0.4, 0.5) is 0 Å². The molecule has 1 rings (SSSR count). The van der Waals surface area contributed by atoms with Gasteiger partial charge in [-0.1, -0.05) is 20.8 Å². The molecule has 18 heavy (non-hydrogen) atoms. The summed E-state index contributed by atoms with van der Waals surface area (Å²) in [6, 6.07) is -0.478. The van der Waals surface area contributed by atoms with Crippen molar-refractivity contribution in [1.29, 1.82) is 0 Å². The smallest absolute Gasteiger partial charge is 0.240 e. The normalized spacial score (nSPS) is 19.5. The average Bonchev–Trinajstić information content (AvgIpc) is 2.35. The van der Waals surface area contributed by atoms with Crippen molar-refractivity contribution in [1.82, 2.24) is 10.2 Å². The molecule has 3 N–H and O–H groups in total. The lowest BCUT2D eigenvalue weighted by atomic mass is 9.86. The lowest BCUT2D eigenvalue weighted by molar-refractivity contribution is -0.138. The Morgan fingerprint density at radius 1 is 1.28 bits per heavy atom. The van der Waals surface area contributed by atoms with Crippen molar-refractivity contribution < 1.29 is 9.59 Å². The summed E-state index contributed by atoms with van der Waals surface area (Å²) in [5.41, 5.74) is 5.75. The Labute approximate surface area is 109 Å². The molecular formula is C13H25N3O2. The summed E-state index contributed by atoms with van der Waals surface area (Å²) in [5.74, 6) is 0.102. The van der Waals surface area contributed by atoms with Gasteiger partial charge in [0.1, 0.15) is 0 Å². The zero-order valence-electron chi connectivity index (χ0n) is 11.8. The minimum absolute atomic E-state index is 0.00198. The van der Waals surface area contributed by atoms with Crippen LogP contribution in [0.2, 0.25) is 0 Å². The molecule has 104 valence electrons. The quantitative estimate of drug-likeness (QED) is 0.747. The van der Waals surface area contributed by atoms with Gasteiger partial charge in [-0.3, -0.25) is 9.59 Å². The predicted octanol–water partition coefficient (Wildman–Crippen LogP) is 0.344. The number of nitrogens with one attached hydrogen (secondary N) is 1. The summed E-state index contributed by atoms with van der Waals surface area (Å²) in [4.78, 5) is 25.5. The zero-order valence-corrected chi connectivity index (χ0v) is 11.8. The summed E-state index contributed by atoms with van der Waals surface area (Å²) in [6.07, 6.45) is 1.45. The summed E-state index contributed by atoms with van der Waals surface area (Å²) in [5, 5.41) is 2.66. The molecule has 1 aliphatic rings. The van der Waals surface area contributed by atoms with Gasteiger partial charge >= 0.3 is 0 Å². The zero-order chi connectivity index (χ0) is 13.9. The van der Waals surface area contributed by atoms with E-state index in [2.05, 4.69) is 5.32 Å². The van der Waals surface area contributed by atoms with E-state index in [1.807, 2.05) is 20.8 Å². The van der Waals surface area contributed by atoms with Crippen molar-refractivity contribution in [3.05, 3.63) is 0 Å². The molecule has 1 saturated heterocycles. The van der Waals surface area contributed by atoms with Gasteiger partial charge in [0, 0.05) is 26.1 Å². The number of rotatable bonds is 2. The minimum atomic E-state index is -0.478. The summed E-state index contributed by atoms with van der Waals surface area (Å²) >= 11 is 0. The maximum atomic E-state index is 12.2. The highest BCUT2D eigenvalue weighted by molar-refractivity contribution is 5.83. The Bertz CT molecular complexity index is 315. The molecule has 0 aromatic rings. The third-order valence-corrected chi connectivity index (χ3v) is 3.62. The van der Waals surface area contributed by atoms with Crippen molar-refractivity contribution in [2.24, 2.45) is 17.1 Å². The third kappa shape index (κ3) is 3.45. The van der Waals surface area contributed by atoms with E-state index in [1.165, 1.54) is 0 Å². The second-order valence-corrected chi connectivity index (χ2v) is 6.06. The first-order valence-corrected chi connectivity index (χ1v) is 6.53. The minimum Gasteiger partial charge on any atom is -0.359 e. The maximum Gasteiger partial charge on any atom is 0.240 e. The first kappa shape index (κ1) is 15.0. The molecule has 0 radical (unpaired) electrons. The summed E-state index contributed by atoms with van der Waals surface area (Å²) in [7, 11) is 1.65. The Hall–Kier alpha value is -1.10. The van der Waals surface area contributed by atoms with Gasteiger partial charge in [-0.2, -0.15) is 0 Å². The number of likely N-dealkylation sites (tertiary alicyclic amines) is 1. The molecule has 2 amide bonds. The van der Waals surface area contributed by atoms with Gasteiger partial charge < -0.3 is 16.0 Å². The number of piperidine rings is 1. The highest BCUT2D eigenvalue weighted by Gasteiger charge is 2.33. The molecular weight excluding hydrogens is 230 g/mol. The summed E-state index contributed by atoms with van der Waals surface area (Å²) in [6.45, 7) is 7.15. The van der Waals surface area contributed by atoms with Crippen LogP contribution in [0.3, 0.4) is 0 Å². The second-order valence-electron chi connectivity index (χ2n) is 6.06. The maximum absolute atomic E-state index is 12.2. The number of carbonyl (C=O) groups excluding carboxylic acids is 2. The standard InChI is InChI=1S/C13H25N3O2/c1-13(2,3)10(14)12(18)16-7-5-9(6-8-16)11(17)15-4/h9-10H,5-8,14H2,1-4H3,(H,15,17). The van der Waals surface area contributed by atoms with Gasteiger partial charge in [0.05, 0.1) is 6.04 Å². The van der Waals surface area contributed by atoms with E-state index >= 15 is 0 Å². The molecule has 5 nitrogen and oxygen atoms in total. The Morgan fingerprint density at radius 3 is 2.17 bits per heavy atom. The van der Waals surface area contributed by atoms with E-state index in [1.54, 1.807) is 11.9 Å². The molecule has 0 aromatic carbocycles. The molecule has 1 aliphatic heterocycles. The van der Waals surface area contributed by atoms with Crippen LogP contribution in [0.25, 0.3) is 0 Å². The first-order chi connectivity index (χ1) is 8.27. The lowest BCUT2D eigenvalue weighted by Gasteiger charge is -2.36. The van der Waals surface area contributed by atoms with E-state index in [-0.39, 0.29) is 23.1 Å². The number of nitrogens with two attached hydrogens (primary N) is 1. The SMILES string of the molecule is CNC(=O)C1CCN(C(=O)C(N)C(C)(C)C)CC1. The highest BCUT2D eigenvalue weighted by Crippen LogP contribution is 2.22. The topological polar surface area (TPSA) is 75.4 Å². The molecule has 0 saturated carbocycles. The molecule has 0 bridgehead atoms. The molecule has 5 heteroatoms. The molecule has 0 aliphatic carbocycles. The third-order valence-electron chi connectivity index (χ3n) is 3.62. The van der Waals surface area contributed by atoms with Crippen LogP contribution in [-0.4, -0.2) is 42.9 Å². The fourth-order valence-electron chi connectivity index (χ4n) is 2.13. The number of carbonyl (C=O) groups is 2. The monoisotopic (exact) mass is 255 g/mol. The highest BCUT2D eigenvalue weighted by atomic mass is 16.2. The second kappa shape index (κ2) is 5.69. The van der Waals surface area contributed by atoms with E-state index in [9.17, 15) is 9.59 Å². The van der Waals surface area contributed by atoms with Crippen molar-refractivity contribution in [3.63, 3.8) is 0 Å².